The number of pyridine rings is 1. The highest BCUT2D eigenvalue weighted by Crippen LogP contribution is 2.25. The second-order valence-electron chi connectivity index (χ2n) is 7.90. The molecule has 0 spiro atoms. The molecule has 146 valence electrons. The number of ether oxygens (including phenoxy) is 1. The van der Waals surface area contributed by atoms with Gasteiger partial charge in [0.25, 0.3) is 0 Å². The van der Waals surface area contributed by atoms with E-state index in [1.54, 1.807) is 6.07 Å². The summed E-state index contributed by atoms with van der Waals surface area (Å²) >= 11 is 0. The van der Waals surface area contributed by atoms with Crippen molar-refractivity contribution in [2.75, 3.05) is 30.8 Å². The number of hydrogen-bond acceptors (Lipinski definition) is 6. The maximum Gasteiger partial charge on any atom is 0.407 e. The van der Waals surface area contributed by atoms with Crippen LogP contribution < -0.4 is 10.2 Å². The molecule has 2 rings (SSSR count). The lowest BCUT2D eigenvalue weighted by molar-refractivity contribution is 0.0516. The average Bonchev–Trinajstić information content (AvgIpc) is 2.51. The minimum absolute atomic E-state index is 0.246. The standard InChI is InChI=1S/C18H29N3O4S/c1-13-10-15(26(5,23)24)12-19-16(13)21-8-6-14(7-9-21)11-20-17(22)25-18(2,3)4/h10,12,14H,6-9,11H2,1-5H3,(H,20,22). The van der Waals surface area contributed by atoms with Gasteiger partial charge in [-0.3, -0.25) is 0 Å². The first-order valence-corrected chi connectivity index (χ1v) is 10.7. The first-order valence-electron chi connectivity index (χ1n) is 8.84. The molecule has 1 saturated heterocycles. The second-order valence-corrected chi connectivity index (χ2v) is 9.91. The molecule has 8 heteroatoms. The fraction of sp³-hybridized carbons (Fsp3) is 0.667. The number of rotatable bonds is 4. The third-order valence-electron chi connectivity index (χ3n) is 4.30. The van der Waals surface area contributed by atoms with Gasteiger partial charge in [-0.05, 0) is 58.1 Å². The Hall–Kier alpha value is -1.83. The van der Waals surface area contributed by atoms with Crippen molar-refractivity contribution in [3.05, 3.63) is 17.8 Å². The summed E-state index contributed by atoms with van der Waals surface area (Å²) in [7, 11) is -3.24. The highest BCUT2D eigenvalue weighted by Gasteiger charge is 2.23. The second kappa shape index (κ2) is 7.82. The van der Waals surface area contributed by atoms with E-state index in [9.17, 15) is 13.2 Å². The van der Waals surface area contributed by atoms with Crippen LogP contribution in [-0.4, -0.2) is 51.0 Å². The predicted molar refractivity (Wildman–Crippen MR) is 101 cm³/mol. The zero-order valence-corrected chi connectivity index (χ0v) is 17.0. The lowest BCUT2D eigenvalue weighted by atomic mass is 9.96. The molecule has 0 atom stereocenters. The van der Waals surface area contributed by atoms with E-state index in [0.717, 1.165) is 37.3 Å². The van der Waals surface area contributed by atoms with Crippen molar-refractivity contribution in [1.82, 2.24) is 10.3 Å². The van der Waals surface area contributed by atoms with Crippen molar-refractivity contribution in [3.63, 3.8) is 0 Å². The van der Waals surface area contributed by atoms with E-state index in [4.69, 9.17) is 4.74 Å². The van der Waals surface area contributed by atoms with Gasteiger partial charge in [-0.1, -0.05) is 0 Å². The minimum atomic E-state index is -3.24. The quantitative estimate of drug-likeness (QED) is 0.859. The van der Waals surface area contributed by atoms with Crippen molar-refractivity contribution >= 4 is 21.7 Å². The molecule has 0 saturated carbocycles. The smallest absolute Gasteiger partial charge is 0.407 e. The fourth-order valence-corrected chi connectivity index (χ4v) is 3.60. The lowest BCUT2D eigenvalue weighted by Crippen LogP contribution is -2.40. The largest absolute Gasteiger partial charge is 0.444 e. The normalized spacial score (nSPS) is 16.4. The van der Waals surface area contributed by atoms with Crippen LogP contribution in [0.2, 0.25) is 0 Å². The van der Waals surface area contributed by atoms with E-state index in [-0.39, 0.29) is 11.0 Å². The highest BCUT2D eigenvalue weighted by molar-refractivity contribution is 7.90. The summed E-state index contributed by atoms with van der Waals surface area (Å²) in [6.07, 6.45) is 4.10. The van der Waals surface area contributed by atoms with Crippen molar-refractivity contribution in [2.24, 2.45) is 5.92 Å². The van der Waals surface area contributed by atoms with Gasteiger partial charge in [0.05, 0.1) is 4.90 Å². The molecule has 0 aliphatic carbocycles. The van der Waals surface area contributed by atoms with Gasteiger partial charge in [0.1, 0.15) is 11.4 Å². The Bertz CT molecular complexity index is 748. The Morgan fingerprint density at radius 1 is 1.35 bits per heavy atom. The van der Waals surface area contributed by atoms with Crippen LogP contribution in [0.25, 0.3) is 0 Å². The molecule has 1 aromatic heterocycles. The molecule has 0 radical (unpaired) electrons. The topological polar surface area (TPSA) is 88.6 Å². The van der Waals surface area contributed by atoms with Crippen LogP contribution >= 0.6 is 0 Å². The van der Waals surface area contributed by atoms with Crippen molar-refractivity contribution in [2.45, 2.75) is 51.0 Å². The van der Waals surface area contributed by atoms with Gasteiger partial charge in [-0.25, -0.2) is 18.2 Å². The molecule has 2 heterocycles. The Labute approximate surface area is 156 Å². The van der Waals surface area contributed by atoms with Crippen LogP contribution in [0.3, 0.4) is 0 Å². The van der Waals surface area contributed by atoms with E-state index >= 15 is 0 Å². The molecular weight excluding hydrogens is 354 g/mol. The van der Waals surface area contributed by atoms with Gasteiger partial charge in [-0.2, -0.15) is 0 Å². The summed E-state index contributed by atoms with van der Waals surface area (Å²) in [5.74, 6) is 1.23. The number of piperidine rings is 1. The maximum atomic E-state index is 11.7. The van der Waals surface area contributed by atoms with E-state index in [2.05, 4.69) is 15.2 Å². The zero-order chi connectivity index (χ0) is 19.5. The third-order valence-corrected chi connectivity index (χ3v) is 5.38. The van der Waals surface area contributed by atoms with E-state index < -0.39 is 15.4 Å². The Balaban J connectivity index is 1.88. The number of alkyl carbamates (subject to hydrolysis) is 1. The molecule has 1 aromatic rings. The van der Waals surface area contributed by atoms with Crippen LogP contribution in [0, 0.1) is 12.8 Å². The Morgan fingerprint density at radius 3 is 2.46 bits per heavy atom. The molecule has 1 aliphatic rings. The number of carbonyl (C=O) groups is 1. The predicted octanol–water partition coefficient (Wildman–Crippen LogP) is 2.53. The zero-order valence-electron chi connectivity index (χ0n) is 16.2. The summed E-state index contributed by atoms with van der Waals surface area (Å²) in [6.45, 7) is 9.66. The van der Waals surface area contributed by atoms with E-state index in [1.807, 2.05) is 27.7 Å². The number of aryl methyl sites for hydroxylation is 1. The number of nitrogens with zero attached hydrogens (tertiary/aromatic N) is 2. The van der Waals surface area contributed by atoms with Gasteiger partial charge in [-0.15, -0.1) is 0 Å². The van der Waals surface area contributed by atoms with E-state index in [1.165, 1.54) is 12.5 Å². The highest BCUT2D eigenvalue weighted by atomic mass is 32.2. The molecule has 0 aromatic carbocycles. The molecule has 1 aliphatic heterocycles. The number of amides is 1. The van der Waals surface area contributed by atoms with Crippen LogP contribution in [0.4, 0.5) is 10.6 Å². The van der Waals surface area contributed by atoms with Crippen LogP contribution in [0.15, 0.2) is 17.2 Å². The summed E-state index contributed by atoms with van der Waals surface area (Å²) in [5, 5.41) is 2.84. The Kier molecular flexibility index (Phi) is 6.16. The molecule has 1 fully saturated rings. The van der Waals surface area contributed by atoms with Crippen molar-refractivity contribution in [1.29, 1.82) is 0 Å². The van der Waals surface area contributed by atoms with Gasteiger partial charge in [0.15, 0.2) is 9.84 Å². The van der Waals surface area contributed by atoms with Crippen LogP contribution in [0.1, 0.15) is 39.2 Å². The van der Waals surface area contributed by atoms with Gasteiger partial charge in [0.2, 0.25) is 0 Å². The van der Waals surface area contributed by atoms with Gasteiger partial charge < -0.3 is 15.0 Å². The molecule has 0 unspecified atom stereocenters. The van der Waals surface area contributed by atoms with Gasteiger partial charge >= 0.3 is 6.09 Å². The molecule has 0 bridgehead atoms. The van der Waals surface area contributed by atoms with Crippen LogP contribution in [-0.2, 0) is 14.6 Å². The summed E-state index contributed by atoms with van der Waals surface area (Å²) < 4.78 is 28.5. The SMILES string of the molecule is Cc1cc(S(C)(=O)=O)cnc1N1CCC(CNC(=O)OC(C)(C)C)CC1. The monoisotopic (exact) mass is 383 g/mol. The lowest BCUT2D eigenvalue weighted by Gasteiger charge is -2.33. The van der Waals surface area contributed by atoms with Crippen molar-refractivity contribution in [3.8, 4) is 0 Å². The maximum absolute atomic E-state index is 11.7. The fourth-order valence-electron chi connectivity index (χ4n) is 2.97. The molecule has 1 amide bonds. The first kappa shape index (κ1) is 20.5. The summed E-state index contributed by atoms with van der Waals surface area (Å²) in [5.41, 5.74) is 0.368. The third kappa shape index (κ3) is 5.86. The minimum Gasteiger partial charge on any atom is -0.444 e. The molecule has 1 N–H and O–H groups in total. The average molecular weight is 384 g/mol. The number of carbonyl (C=O) groups excluding carboxylic acids is 1. The van der Waals surface area contributed by atoms with Crippen LogP contribution in [0.5, 0.6) is 0 Å². The Morgan fingerprint density at radius 2 is 1.96 bits per heavy atom. The first-order chi connectivity index (χ1) is 12.0. The number of aromatic nitrogens is 1. The number of anilines is 1. The molecule has 26 heavy (non-hydrogen) atoms. The number of hydrogen-bond donors (Lipinski definition) is 1. The molecule has 7 nitrogen and oxygen atoms in total. The van der Waals surface area contributed by atoms with Crippen molar-refractivity contribution < 1.29 is 17.9 Å². The van der Waals surface area contributed by atoms with E-state index in [0.29, 0.717) is 12.5 Å². The van der Waals surface area contributed by atoms with Gasteiger partial charge in [0, 0.05) is 32.1 Å². The summed E-state index contributed by atoms with van der Waals surface area (Å²) in [4.78, 5) is 18.5. The number of nitrogens with one attached hydrogen (secondary N) is 1. The molecular formula is C18H29N3O4S. The summed E-state index contributed by atoms with van der Waals surface area (Å²) in [6, 6.07) is 1.67. The number of sulfone groups is 1.